The first-order valence-corrected chi connectivity index (χ1v) is 6.99. The number of nitriles is 1. The topological polar surface area (TPSA) is 35.8 Å². The summed E-state index contributed by atoms with van der Waals surface area (Å²) in [4.78, 5) is 0. The first-order valence-electron chi connectivity index (χ1n) is 6.20. The Morgan fingerprint density at radius 2 is 2.00 bits per heavy atom. The van der Waals surface area contributed by atoms with Gasteiger partial charge in [0.15, 0.2) is 0 Å². The lowest BCUT2D eigenvalue weighted by Crippen LogP contribution is -2.03. The summed E-state index contributed by atoms with van der Waals surface area (Å²) < 4.78 is 14.7. The van der Waals surface area contributed by atoms with Crippen molar-refractivity contribution < 1.29 is 4.39 Å². The summed E-state index contributed by atoms with van der Waals surface area (Å²) in [6.45, 7) is 4.31. The van der Waals surface area contributed by atoms with Gasteiger partial charge in [-0.1, -0.05) is 28.1 Å². The quantitative estimate of drug-likeness (QED) is 0.885. The summed E-state index contributed by atoms with van der Waals surface area (Å²) in [6.07, 6.45) is 0. The normalized spacial score (nSPS) is 10.2. The summed E-state index contributed by atoms with van der Waals surface area (Å²) in [5.74, 6) is -0.362. The van der Waals surface area contributed by atoms with Gasteiger partial charge in [0, 0.05) is 22.3 Å². The number of rotatable bonds is 3. The highest BCUT2D eigenvalue weighted by atomic mass is 79.9. The van der Waals surface area contributed by atoms with Gasteiger partial charge < -0.3 is 5.32 Å². The summed E-state index contributed by atoms with van der Waals surface area (Å²) >= 11 is 3.46. The third kappa shape index (κ3) is 3.17. The molecule has 0 heterocycles. The van der Waals surface area contributed by atoms with Gasteiger partial charge in [0.2, 0.25) is 0 Å². The highest BCUT2D eigenvalue weighted by Crippen LogP contribution is 2.22. The number of hydrogen-bond acceptors (Lipinski definition) is 2. The molecular weight excluding hydrogens is 319 g/mol. The number of halogens is 2. The van der Waals surface area contributed by atoms with Crippen LogP contribution in [0, 0.1) is 31.0 Å². The zero-order valence-electron chi connectivity index (χ0n) is 11.3. The van der Waals surface area contributed by atoms with Gasteiger partial charge in [0.1, 0.15) is 5.82 Å². The number of benzene rings is 2. The van der Waals surface area contributed by atoms with Crippen molar-refractivity contribution in [1.82, 2.24) is 0 Å². The fraction of sp³-hybridized carbons (Fsp3) is 0.188. The van der Waals surface area contributed by atoms with Crippen LogP contribution >= 0.6 is 15.9 Å². The van der Waals surface area contributed by atoms with Gasteiger partial charge in [0.25, 0.3) is 0 Å². The zero-order valence-corrected chi connectivity index (χ0v) is 12.9. The maximum absolute atomic E-state index is 13.7. The van der Waals surface area contributed by atoms with Gasteiger partial charge in [0.05, 0.1) is 11.6 Å². The molecule has 1 N–H and O–H groups in total. The van der Waals surface area contributed by atoms with Crippen LogP contribution in [0.2, 0.25) is 0 Å². The Kier molecular flexibility index (Phi) is 4.41. The molecule has 20 heavy (non-hydrogen) atoms. The highest BCUT2D eigenvalue weighted by Gasteiger charge is 2.07. The maximum atomic E-state index is 13.7. The molecule has 0 aliphatic rings. The van der Waals surface area contributed by atoms with Crippen molar-refractivity contribution in [2.45, 2.75) is 20.4 Å². The van der Waals surface area contributed by atoms with Crippen LogP contribution in [0.5, 0.6) is 0 Å². The fourth-order valence-corrected chi connectivity index (χ4v) is 2.19. The van der Waals surface area contributed by atoms with Crippen LogP contribution in [0.4, 0.5) is 10.1 Å². The predicted molar refractivity (Wildman–Crippen MR) is 82.1 cm³/mol. The van der Waals surface area contributed by atoms with Gasteiger partial charge in [-0.05, 0) is 43.2 Å². The molecule has 2 nitrogen and oxygen atoms in total. The van der Waals surface area contributed by atoms with E-state index >= 15 is 0 Å². The molecule has 0 saturated carbocycles. The van der Waals surface area contributed by atoms with Gasteiger partial charge in [-0.25, -0.2) is 4.39 Å². The molecule has 0 unspecified atom stereocenters. The largest absolute Gasteiger partial charge is 0.381 e. The van der Waals surface area contributed by atoms with E-state index < -0.39 is 0 Å². The van der Waals surface area contributed by atoms with Crippen molar-refractivity contribution in [3.63, 3.8) is 0 Å². The molecule has 0 atom stereocenters. The first-order chi connectivity index (χ1) is 9.51. The van der Waals surface area contributed by atoms with E-state index in [1.165, 1.54) is 6.07 Å². The minimum absolute atomic E-state index is 0.322. The molecular formula is C16H14BrFN2. The molecule has 0 amide bonds. The molecule has 0 bridgehead atoms. The molecule has 0 radical (unpaired) electrons. The highest BCUT2D eigenvalue weighted by molar-refractivity contribution is 9.10. The van der Waals surface area contributed by atoms with E-state index in [4.69, 9.17) is 5.26 Å². The Bertz CT molecular complexity index is 690. The minimum Gasteiger partial charge on any atom is -0.381 e. The number of aryl methyl sites for hydroxylation is 1. The van der Waals surface area contributed by atoms with Crippen LogP contribution < -0.4 is 5.32 Å². The van der Waals surface area contributed by atoms with E-state index in [1.807, 2.05) is 25.1 Å². The lowest BCUT2D eigenvalue weighted by molar-refractivity contribution is 0.618. The Balaban J connectivity index is 2.20. The van der Waals surface area contributed by atoms with E-state index in [1.54, 1.807) is 13.0 Å². The van der Waals surface area contributed by atoms with Crippen LogP contribution in [0.15, 0.2) is 34.8 Å². The third-order valence-corrected chi connectivity index (χ3v) is 4.07. The van der Waals surface area contributed by atoms with Crippen molar-refractivity contribution in [2.24, 2.45) is 0 Å². The lowest BCUT2D eigenvalue weighted by atomic mass is 10.1. The molecule has 102 valence electrons. The van der Waals surface area contributed by atoms with Crippen molar-refractivity contribution in [3.05, 3.63) is 62.9 Å². The summed E-state index contributed by atoms with van der Waals surface area (Å²) in [5.41, 5.74) is 3.76. The van der Waals surface area contributed by atoms with Crippen LogP contribution in [-0.2, 0) is 6.54 Å². The Morgan fingerprint density at radius 1 is 1.25 bits per heavy atom. The van der Waals surface area contributed by atoms with E-state index in [0.29, 0.717) is 23.4 Å². The first kappa shape index (κ1) is 14.5. The van der Waals surface area contributed by atoms with Gasteiger partial charge in [-0.2, -0.15) is 5.26 Å². The molecule has 0 spiro atoms. The van der Waals surface area contributed by atoms with Crippen molar-refractivity contribution in [2.75, 3.05) is 5.32 Å². The smallest absolute Gasteiger partial charge is 0.129 e. The van der Waals surface area contributed by atoms with Crippen molar-refractivity contribution in [1.29, 1.82) is 5.26 Å². The van der Waals surface area contributed by atoms with E-state index in [-0.39, 0.29) is 5.82 Å². The molecule has 2 aromatic carbocycles. The molecule has 2 aromatic rings. The SMILES string of the molecule is Cc1cc(CNc2cc(C#N)cc(F)c2C)ccc1Br. The van der Waals surface area contributed by atoms with Crippen molar-refractivity contribution in [3.8, 4) is 6.07 Å². The fourth-order valence-electron chi connectivity index (χ4n) is 1.94. The molecule has 0 fully saturated rings. The van der Waals surface area contributed by atoms with Crippen LogP contribution in [0.25, 0.3) is 0 Å². The second-order valence-corrected chi connectivity index (χ2v) is 5.53. The Morgan fingerprint density at radius 3 is 2.65 bits per heavy atom. The van der Waals surface area contributed by atoms with E-state index in [2.05, 4.69) is 27.3 Å². The van der Waals surface area contributed by atoms with E-state index in [9.17, 15) is 4.39 Å². The van der Waals surface area contributed by atoms with Gasteiger partial charge in [-0.15, -0.1) is 0 Å². The molecule has 0 saturated heterocycles. The minimum atomic E-state index is -0.362. The van der Waals surface area contributed by atoms with Gasteiger partial charge >= 0.3 is 0 Å². The molecule has 0 aliphatic carbocycles. The molecule has 0 aromatic heterocycles. The average molecular weight is 333 g/mol. The van der Waals surface area contributed by atoms with Gasteiger partial charge in [-0.3, -0.25) is 0 Å². The number of anilines is 1. The molecule has 4 heteroatoms. The zero-order chi connectivity index (χ0) is 14.7. The Labute approximate surface area is 126 Å². The monoisotopic (exact) mass is 332 g/mol. The molecule has 0 aliphatic heterocycles. The maximum Gasteiger partial charge on any atom is 0.129 e. The van der Waals surface area contributed by atoms with Crippen LogP contribution in [0.3, 0.4) is 0 Å². The third-order valence-electron chi connectivity index (χ3n) is 3.18. The second-order valence-electron chi connectivity index (χ2n) is 4.68. The standard InChI is InChI=1S/C16H14BrFN2/c1-10-5-12(3-4-14(10)17)9-20-16-7-13(8-19)6-15(18)11(16)2/h3-7,20H,9H2,1-2H3. The number of nitrogens with one attached hydrogen (secondary N) is 1. The van der Waals surface area contributed by atoms with Crippen LogP contribution in [-0.4, -0.2) is 0 Å². The summed E-state index contributed by atoms with van der Waals surface area (Å²) in [6, 6.07) is 11.0. The lowest BCUT2D eigenvalue weighted by Gasteiger charge is -2.11. The van der Waals surface area contributed by atoms with E-state index in [0.717, 1.165) is 15.6 Å². The predicted octanol–water partition coefficient (Wildman–Crippen LogP) is 4.69. The Hall–Kier alpha value is -1.86. The van der Waals surface area contributed by atoms with Crippen molar-refractivity contribution >= 4 is 21.6 Å². The van der Waals surface area contributed by atoms with Crippen LogP contribution in [0.1, 0.15) is 22.3 Å². The summed E-state index contributed by atoms with van der Waals surface area (Å²) in [5, 5.41) is 12.1. The molecule has 2 rings (SSSR count). The number of hydrogen-bond donors (Lipinski definition) is 1. The average Bonchev–Trinajstić information content (AvgIpc) is 2.44. The number of nitrogens with zero attached hydrogens (tertiary/aromatic N) is 1. The second kappa shape index (κ2) is 6.06. The summed E-state index contributed by atoms with van der Waals surface area (Å²) in [7, 11) is 0.